The second kappa shape index (κ2) is 5.40. The van der Waals surface area contributed by atoms with E-state index in [1.807, 2.05) is 0 Å². The van der Waals surface area contributed by atoms with Gasteiger partial charge in [0.25, 0.3) is 0 Å². The highest BCUT2D eigenvalue weighted by atomic mass is 16.5. The summed E-state index contributed by atoms with van der Waals surface area (Å²) in [7, 11) is 1.77. The summed E-state index contributed by atoms with van der Waals surface area (Å²) in [6, 6.07) is 4.57. The van der Waals surface area contributed by atoms with E-state index in [1.165, 1.54) is 42.4 Å². The predicted octanol–water partition coefficient (Wildman–Crippen LogP) is 4.07. The lowest BCUT2D eigenvalue weighted by Crippen LogP contribution is -2.33. The highest BCUT2D eigenvalue weighted by Gasteiger charge is 2.36. The normalized spacial score (nSPS) is 18.3. The van der Waals surface area contributed by atoms with Crippen molar-refractivity contribution >= 4 is 0 Å². The van der Waals surface area contributed by atoms with E-state index >= 15 is 0 Å². The van der Waals surface area contributed by atoms with Crippen LogP contribution in [-0.2, 0) is 10.8 Å². The van der Waals surface area contributed by atoms with Gasteiger partial charge < -0.3 is 10.5 Å². The van der Waals surface area contributed by atoms with Crippen LogP contribution in [0, 0.1) is 6.92 Å². The molecule has 2 rings (SSSR count). The molecule has 1 aliphatic rings. The van der Waals surface area contributed by atoms with Crippen molar-refractivity contribution in [1.29, 1.82) is 0 Å². The van der Waals surface area contributed by atoms with Crippen molar-refractivity contribution < 1.29 is 4.74 Å². The molecule has 0 atom stereocenters. The summed E-state index contributed by atoms with van der Waals surface area (Å²) < 4.78 is 5.68. The smallest absolute Gasteiger partial charge is 0.122 e. The van der Waals surface area contributed by atoms with Gasteiger partial charge in [0.2, 0.25) is 0 Å². The van der Waals surface area contributed by atoms with Crippen LogP contribution in [0.1, 0.15) is 63.1 Å². The number of nitrogens with two attached hydrogens (primary N) is 1. The number of methoxy groups -OCH3 is 1. The first-order chi connectivity index (χ1) is 9.34. The van der Waals surface area contributed by atoms with Gasteiger partial charge in [0.1, 0.15) is 5.75 Å². The third-order valence-corrected chi connectivity index (χ3v) is 4.88. The summed E-state index contributed by atoms with van der Waals surface area (Å²) >= 11 is 0. The lowest BCUT2D eigenvalue weighted by Gasteiger charge is -2.32. The third-order valence-electron chi connectivity index (χ3n) is 4.88. The largest absolute Gasteiger partial charge is 0.496 e. The zero-order chi connectivity index (χ0) is 15.0. The zero-order valence-corrected chi connectivity index (χ0v) is 13.7. The number of hydrogen-bond acceptors (Lipinski definition) is 2. The van der Waals surface area contributed by atoms with Crippen molar-refractivity contribution in [2.75, 3.05) is 13.7 Å². The Balaban J connectivity index is 2.56. The van der Waals surface area contributed by atoms with Crippen molar-refractivity contribution in [2.24, 2.45) is 5.73 Å². The Kier molecular flexibility index (Phi) is 4.15. The van der Waals surface area contributed by atoms with Crippen LogP contribution in [0.2, 0.25) is 0 Å². The van der Waals surface area contributed by atoms with Gasteiger partial charge in [-0.2, -0.15) is 0 Å². The zero-order valence-electron chi connectivity index (χ0n) is 13.7. The molecule has 0 amide bonds. The first kappa shape index (κ1) is 15.4. The molecule has 0 aromatic heterocycles. The topological polar surface area (TPSA) is 35.2 Å². The fourth-order valence-corrected chi connectivity index (χ4v) is 3.65. The van der Waals surface area contributed by atoms with Crippen LogP contribution in [0.3, 0.4) is 0 Å². The minimum atomic E-state index is 0.0974. The molecule has 2 N–H and O–H groups in total. The molecule has 0 radical (unpaired) electrons. The van der Waals surface area contributed by atoms with E-state index in [0.717, 1.165) is 12.3 Å². The molecule has 1 saturated carbocycles. The molecule has 2 nitrogen and oxygen atoms in total. The van der Waals surface area contributed by atoms with Crippen LogP contribution in [0.15, 0.2) is 12.1 Å². The first-order valence-electron chi connectivity index (χ1n) is 7.74. The minimum Gasteiger partial charge on any atom is -0.496 e. The summed E-state index contributed by atoms with van der Waals surface area (Å²) in [5.41, 5.74) is 10.5. The van der Waals surface area contributed by atoms with Gasteiger partial charge >= 0.3 is 0 Å². The molecule has 0 bridgehead atoms. The first-order valence-corrected chi connectivity index (χ1v) is 7.74. The van der Waals surface area contributed by atoms with Gasteiger partial charge in [-0.25, -0.2) is 0 Å². The maximum absolute atomic E-state index is 6.14. The van der Waals surface area contributed by atoms with Crippen molar-refractivity contribution in [3.05, 3.63) is 28.8 Å². The molecule has 0 heterocycles. The van der Waals surface area contributed by atoms with Gasteiger partial charge in [-0.05, 0) is 47.9 Å². The van der Waals surface area contributed by atoms with Gasteiger partial charge in [-0.1, -0.05) is 39.7 Å². The molecule has 0 aliphatic heterocycles. The number of hydrogen-bond donors (Lipinski definition) is 1. The SMILES string of the molecule is COc1cc(C2(CN)CCCC2)c(C)cc1C(C)(C)C. The molecule has 0 unspecified atom stereocenters. The number of rotatable bonds is 3. The molecule has 1 aromatic carbocycles. The van der Waals surface area contributed by atoms with Crippen LogP contribution in [-0.4, -0.2) is 13.7 Å². The molecule has 20 heavy (non-hydrogen) atoms. The summed E-state index contributed by atoms with van der Waals surface area (Å²) in [6.45, 7) is 9.67. The Labute approximate surface area is 123 Å². The van der Waals surface area contributed by atoms with E-state index in [0.29, 0.717) is 0 Å². The number of ether oxygens (including phenoxy) is 1. The van der Waals surface area contributed by atoms with Crippen molar-refractivity contribution in [1.82, 2.24) is 0 Å². The molecule has 112 valence electrons. The van der Waals surface area contributed by atoms with E-state index < -0.39 is 0 Å². The Morgan fingerprint density at radius 2 is 1.80 bits per heavy atom. The van der Waals surface area contributed by atoms with Crippen molar-refractivity contribution in [2.45, 2.75) is 64.2 Å². The summed E-state index contributed by atoms with van der Waals surface area (Å²) in [4.78, 5) is 0. The fraction of sp³-hybridized carbons (Fsp3) is 0.667. The highest BCUT2D eigenvalue weighted by molar-refractivity contribution is 5.48. The average molecular weight is 275 g/mol. The quantitative estimate of drug-likeness (QED) is 0.902. The van der Waals surface area contributed by atoms with Crippen LogP contribution < -0.4 is 10.5 Å². The molecule has 1 aromatic rings. The molecular formula is C18H29NO. The van der Waals surface area contributed by atoms with Gasteiger partial charge in [0.05, 0.1) is 7.11 Å². The van der Waals surface area contributed by atoms with E-state index in [2.05, 4.69) is 39.8 Å². The summed E-state index contributed by atoms with van der Waals surface area (Å²) in [5, 5.41) is 0. The van der Waals surface area contributed by atoms with Gasteiger partial charge in [-0.3, -0.25) is 0 Å². The van der Waals surface area contributed by atoms with Crippen LogP contribution in [0.25, 0.3) is 0 Å². The third kappa shape index (κ3) is 2.58. The van der Waals surface area contributed by atoms with Crippen molar-refractivity contribution in [3.63, 3.8) is 0 Å². The molecule has 1 aliphatic carbocycles. The maximum Gasteiger partial charge on any atom is 0.122 e. The Morgan fingerprint density at radius 3 is 2.25 bits per heavy atom. The van der Waals surface area contributed by atoms with Crippen LogP contribution in [0.5, 0.6) is 5.75 Å². The molecule has 2 heteroatoms. The standard InChI is InChI=1S/C18H29NO/c1-13-10-15(17(2,3)4)16(20-5)11-14(13)18(12-19)8-6-7-9-18/h10-11H,6-9,12,19H2,1-5H3. The van der Waals surface area contributed by atoms with E-state index in [1.54, 1.807) is 7.11 Å². The Bertz CT molecular complexity index is 479. The lowest BCUT2D eigenvalue weighted by molar-refractivity contribution is 0.391. The molecule has 0 saturated heterocycles. The number of benzene rings is 1. The fourth-order valence-electron chi connectivity index (χ4n) is 3.65. The molecular weight excluding hydrogens is 246 g/mol. The van der Waals surface area contributed by atoms with E-state index in [-0.39, 0.29) is 10.8 Å². The predicted molar refractivity (Wildman–Crippen MR) is 85.6 cm³/mol. The van der Waals surface area contributed by atoms with Gasteiger partial charge in [0, 0.05) is 12.0 Å². The lowest BCUT2D eigenvalue weighted by atomic mass is 9.74. The van der Waals surface area contributed by atoms with E-state index in [9.17, 15) is 0 Å². The van der Waals surface area contributed by atoms with E-state index in [4.69, 9.17) is 10.5 Å². The van der Waals surface area contributed by atoms with Crippen LogP contribution >= 0.6 is 0 Å². The van der Waals surface area contributed by atoms with Gasteiger partial charge in [-0.15, -0.1) is 0 Å². The monoisotopic (exact) mass is 275 g/mol. The second-order valence-corrected chi connectivity index (χ2v) is 7.31. The maximum atomic E-state index is 6.14. The average Bonchev–Trinajstić information content (AvgIpc) is 2.87. The van der Waals surface area contributed by atoms with Gasteiger partial charge in [0.15, 0.2) is 0 Å². The minimum absolute atomic E-state index is 0.0974. The summed E-state index contributed by atoms with van der Waals surface area (Å²) in [6.07, 6.45) is 5.00. The Hall–Kier alpha value is -1.02. The molecule has 1 fully saturated rings. The summed E-state index contributed by atoms with van der Waals surface area (Å²) in [5.74, 6) is 1.01. The van der Waals surface area contributed by atoms with Crippen LogP contribution in [0.4, 0.5) is 0 Å². The Morgan fingerprint density at radius 1 is 1.20 bits per heavy atom. The second-order valence-electron chi connectivity index (χ2n) is 7.31. The molecule has 0 spiro atoms. The number of aryl methyl sites for hydroxylation is 1. The van der Waals surface area contributed by atoms with Crippen molar-refractivity contribution in [3.8, 4) is 5.75 Å². The highest BCUT2D eigenvalue weighted by Crippen LogP contribution is 2.44.